The average molecular weight is 674 g/mol. The van der Waals surface area contributed by atoms with Crippen LogP contribution >= 0.6 is 0 Å². The van der Waals surface area contributed by atoms with Gasteiger partial charge in [0.05, 0.1) is 25.9 Å². The predicted octanol–water partition coefficient (Wildman–Crippen LogP) is -7.87. The number of aliphatic imine (C=N–C) groups is 1. The number of rotatable bonds is 9. The maximum atomic E-state index is 11.3. The molecular formula is C26H43NO19. The summed E-state index contributed by atoms with van der Waals surface area (Å²) >= 11 is 0. The van der Waals surface area contributed by atoms with Crippen LogP contribution in [0.15, 0.2) is 4.99 Å². The van der Waals surface area contributed by atoms with Gasteiger partial charge in [-0.2, -0.15) is 0 Å². The normalized spacial score (nSPS) is 53.1. The summed E-state index contributed by atoms with van der Waals surface area (Å²) < 4.78 is 39.1. The maximum Gasteiger partial charge on any atom is 0.190 e. The van der Waals surface area contributed by atoms with E-state index in [0.717, 1.165) is 0 Å². The zero-order valence-electron chi connectivity index (χ0n) is 24.5. The molecule has 5 heterocycles. The van der Waals surface area contributed by atoms with Crippen molar-refractivity contribution in [2.75, 3.05) is 19.8 Å². The highest BCUT2D eigenvalue weighted by Crippen LogP contribution is 2.36. The first kappa shape index (κ1) is 36.2. The van der Waals surface area contributed by atoms with Gasteiger partial charge in [0.2, 0.25) is 0 Å². The van der Waals surface area contributed by atoms with Crippen LogP contribution in [0.1, 0.15) is 13.3 Å². The Hall–Kier alpha value is -1.09. The van der Waals surface area contributed by atoms with Crippen LogP contribution in [0.5, 0.6) is 0 Å². The molecule has 4 fully saturated rings. The quantitative estimate of drug-likeness (QED) is 0.108. The van der Waals surface area contributed by atoms with Gasteiger partial charge < -0.3 is 94.4 Å². The van der Waals surface area contributed by atoms with Crippen molar-refractivity contribution in [3.8, 4) is 0 Å². The number of hydrogen-bond donors (Lipinski definition) is 12. The molecule has 0 bridgehead atoms. The molecule has 0 spiro atoms. The summed E-state index contributed by atoms with van der Waals surface area (Å²) in [6, 6.07) is -0.745. The molecule has 5 rings (SSSR count). The Morgan fingerprint density at radius 2 is 1.11 bits per heavy atom. The van der Waals surface area contributed by atoms with Gasteiger partial charge in [0.25, 0.3) is 0 Å². The first-order chi connectivity index (χ1) is 21.8. The fraction of sp³-hybridized carbons (Fsp3) is 0.962. The number of aliphatic hydroxyl groups is 12. The van der Waals surface area contributed by atoms with Gasteiger partial charge in [-0.1, -0.05) is 0 Å². The van der Waals surface area contributed by atoms with E-state index in [2.05, 4.69) is 4.99 Å². The Labute approximate surface area is 261 Å². The van der Waals surface area contributed by atoms with Crippen LogP contribution < -0.4 is 0 Å². The van der Waals surface area contributed by atoms with Crippen LogP contribution in [-0.2, 0) is 33.2 Å². The van der Waals surface area contributed by atoms with Crippen LogP contribution in [0.2, 0.25) is 0 Å². The minimum atomic E-state index is -2.10. The van der Waals surface area contributed by atoms with Crippen LogP contribution in [-0.4, -0.2) is 210 Å². The molecule has 20 atom stereocenters. The summed E-state index contributed by atoms with van der Waals surface area (Å²) in [4.78, 5) is 4.36. The first-order valence-corrected chi connectivity index (χ1v) is 14.9. The third-order valence-corrected chi connectivity index (χ3v) is 8.89. The minimum absolute atomic E-state index is 0.419. The van der Waals surface area contributed by atoms with E-state index in [0.29, 0.717) is 12.1 Å². The molecule has 20 nitrogen and oxygen atoms in total. The van der Waals surface area contributed by atoms with E-state index < -0.39 is 143 Å². The van der Waals surface area contributed by atoms with Crippen molar-refractivity contribution in [2.45, 2.75) is 136 Å². The lowest BCUT2D eigenvalue weighted by Gasteiger charge is -2.49. The molecule has 0 aromatic heterocycles. The Bertz CT molecular complexity index is 1040. The first-order valence-electron chi connectivity index (χ1n) is 14.9. The van der Waals surface area contributed by atoms with E-state index in [4.69, 9.17) is 33.2 Å². The molecule has 4 saturated heterocycles. The molecule has 0 aromatic rings. The molecule has 5 aliphatic heterocycles. The fourth-order valence-electron chi connectivity index (χ4n) is 6.30. The Morgan fingerprint density at radius 1 is 0.543 bits per heavy atom. The summed E-state index contributed by atoms with van der Waals surface area (Å²) in [5, 5.41) is 124. The average Bonchev–Trinajstić information content (AvgIpc) is 3.42. The van der Waals surface area contributed by atoms with Crippen LogP contribution in [0.25, 0.3) is 0 Å². The molecule has 46 heavy (non-hydrogen) atoms. The second-order valence-electron chi connectivity index (χ2n) is 12.0. The smallest absolute Gasteiger partial charge is 0.190 e. The number of fused-ring (bicyclic) bond motifs is 1. The van der Waals surface area contributed by atoms with Gasteiger partial charge in [-0.3, -0.25) is 4.99 Å². The van der Waals surface area contributed by atoms with Gasteiger partial charge in [-0.25, -0.2) is 0 Å². The lowest BCUT2D eigenvalue weighted by Crippen LogP contribution is -2.67. The third-order valence-electron chi connectivity index (χ3n) is 8.89. The number of nitrogens with zero attached hydrogens (tertiary/aromatic N) is 1. The van der Waals surface area contributed by atoms with Crippen molar-refractivity contribution in [1.82, 2.24) is 0 Å². The van der Waals surface area contributed by atoms with Crippen LogP contribution in [0.3, 0.4) is 0 Å². The molecule has 0 aliphatic carbocycles. The Kier molecular flexibility index (Phi) is 11.6. The summed E-state index contributed by atoms with van der Waals surface area (Å²) in [5.41, 5.74) is 0.708. The molecule has 0 aromatic carbocycles. The SMILES string of the molecule is CC1=NC2[C@@H](O)[C@H](O[C@@H]3OC(CO)[C@@H](O)[C@H](O[C@H]4O[C@@H](O)[C@@H](O)C(O)C4O[C@H]4O[C@@H](CO)[C@@H](O)C(O)C4O)C3O)C(CO)O[C@@H]2C1. The van der Waals surface area contributed by atoms with E-state index in [9.17, 15) is 61.3 Å². The van der Waals surface area contributed by atoms with Gasteiger partial charge in [0.15, 0.2) is 25.2 Å². The van der Waals surface area contributed by atoms with Gasteiger partial charge in [-0.05, 0) is 6.92 Å². The molecule has 0 amide bonds. The fourth-order valence-corrected chi connectivity index (χ4v) is 6.30. The molecule has 5 aliphatic rings. The minimum Gasteiger partial charge on any atom is -0.394 e. The standard InChI is InChI=1S/C26H43NO19/c1-6-2-7-11(27-6)14(33)20(10(5-30)40-7)43-25-19(38)21(13(32)9(4-29)42-25)44-26-22(16(35)17(36)23(39)46-26)45-24-18(37)15(34)12(31)8(3-28)41-24/h7-26,28-39H,2-5H2,1H3/t7-,8+,9?,10?,11?,12-,13-,14-,15?,16?,17+,18?,19?,20-,21+,22?,23-,24-,25+,26+/m1/s1. The van der Waals surface area contributed by atoms with Crippen molar-refractivity contribution in [3.63, 3.8) is 0 Å². The van der Waals surface area contributed by atoms with Crippen molar-refractivity contribution >= 4 is 5.71 Å². The van der Waals surface area contributed by atoms with Gasteiger partial charge in [0, 0.05) is 12.1 Å². The van der Waals surface area contributed by atoms with Crippen LogP contribution in [0, 0.1) is 0 Å². The van der Waals surface area contributed by atoms with E-state index in [-0.39, 0.29) is 0 Å². The van der Waals surface area contributed by atoms with E-state index in [1.54, 1.807) is 6.92 Å². The lowest BCUT2D eigenvalue weighted by molar-refractivity contribution is -0.407. The molecular weight excluding hydrogens is 630 g/mol. The summed E-state index contributed by atoms with van der Waals surface area (Å²) in [6.07, 6.45) is -31.6. The molecule has 0 radical (unpaired) electrons. The lowest BCUT2D eigenvalue weighted by atomic mass is 9.92. The number of hydrogen-bond acceptors (Lipinski definition) is 20. The zero-order valence-corrected chi connectivity index (χ0v) is 24.5. The molecule has 20 heteroatoms. The Balaban J connectivity index is 1.36. The van der Waals surface area contributed by atoms with Crippen molar-refractivity contribution in [3.05, 3.63) is 0 Å². The largest absolute Gasteiger partial charge is 0.394 e. The number of ether oxygens (including phenoxy) is 7. The topological polar surface area (TPSA) is 320 Å². The van der Waals surface area contributed by atoms with Crippen LogP contribution in [0.4, 0.5) is 0 Å². The molecule has 8 unspecified atom stereocenters. The van der Waals surface area contributed by atoms with E-state index in [1.807, 2.05) is 0 Å². The monoisotopic (exact) mass is 673 g/mol. The second kappa shape index (κ2) is 14.8. The molecule has 266 valence electrons. The van der Waals surface area contributed by atoms with E-state index >= 15 is 0 Å². The summed E-state index contributed by atoms with van der Waals surface area (Å²) in [7, 11) is 0. The number of aliphatic hydroxyl groups excluding tert-OH is 12. The van der Waals surface area contributed by atoms with Crippen molar-refractivity contribution < 1.29 is 94.4 Å². The maximum absolute atomic E-state index is 11.3. The third kappa shape index (κ3) is 6.85. The van der Waals surface area contributed by atoms with Crippen molar-refractivity contribution in [2.24, 2.45) is 4.99 Å². The summed E-state index contributed by atoms with van der Waals surface area (Å²) in [5.74, 6) is 0. The molecule has 0 saturated carbocycles. The highest BCUT2D eigenvalue weighted by molar-refractivity contribution is 5.84. The van der Waals surface area contributed by atoms with E-state index in [1.165, 1.54) is 0 Å². The second-order valence-corrected chi connectivity index (χ2v) is 12.0. The van der Waals surface area contributed by atoms with Crippen molar-refractivity contribution in [1.29, 1.82) is 0 Å². The van der Waals surface area contributed by atoms with Gasteiger partial charge >= 0.3 is 0 Å². The highest BCUT2D eigenvalue weighted by Gasteiger charge is 2.56. The highest BCUT2D eigenvalue weighted by atomic mass is 16.8. The zero-order chi connectivity index (χ0) is 33.6. The Morgan fingerprint density at radius 3 is 1.74 bits per heavy atom. The molecule has 12 N–H and O–H groups in total. The van der Waals surface area contributed by atoms with Gasteiger partial charge in [-0.15, -0.1) is 0 Å². The summed E-state index contributed by atoms with van der Waals surface area (Å²) in [6.45, 7) is -0.499. The van der Waals surface area contributed by atoms with Gasteiger partial charge in [0.1, 0.15) is 91.5 Å². The predicted molar refractivity (Wildman–Crippen MR) is 142 cm³/mol.